The van der Waals surface area contributed by atoms with Crippen LogP contribution in [0, 0.1) is 0 Å². The maximum Gasteiger partial charge on any atom is 0.247 e. The van der Waals surface area contributed by atoms with E-state index in [-0.39, 0.29) is 6.71 Å². The fourth-order valence-electron chi connectivity index (χ4n) is 12.6. The van der Waals surface area contributed by atoms with Crippen molar-refractivity contribution in [2.24, 2.45) is 0 Å². The molecule has 2 saturated carbocycles. The molecule has 0 radical (unpaired) electrons. The topological polar surface area (TPSA) is 4.93 Å². The summed E-state index contributed by atoms with van der Waals surface area (Å²) in [5, 5.41) is 8.51. The van der Waals surface area contributed by atoms with Gasteiger partial charge in [-0.25, -0.2) is 0 Å². The quantitative estimate of drug-likeness (QED) is 0.116. The van der Waals surface area contributed by atoms with Crippen molar-refractivity contribution < 1.29 is 0 Å². The summed E-state index contributed by atoms with van der Waals surface area (Å²) in [4.78, 5) is 5.52. The van der Waals surface area contributed by atoms with Crippen molar-refractivity contribution in [3.63, 3.8) is 0 Å². The Labute approximate surface area is 393 Å². The third-order valence-electron chi connectivity index (χ3n) is 15.7. The largest absolute Gasteiger partial charge is 0.309 e. The second-order valence-corrected chi connectivity index (χ2v) is 25.2. The Morgan fingerprint density at radius 2 is 0.877 bits per heavy atom. The fourth-order valence-corrected chi connectivity index (χ4v) is 19.9. The van der Waals surface area contributed by atoms with E-state index in [2.05, 4.69) is 187 Å². The first-order valence-corrected chi connectivity index (χ1v) is 27.9. The van der Waals surface area contributed by atoms with E-state index in [4.69, 9.17) is 0 Å². The van der Waals surface area contributed by atoms with Gasteiger partial charge in [0.2, 0.25) is 6.71 Å². The zero-order valence-corrected chi connectivity index (χ0v) is 39.5. The van der Waals surface area contributed by atoms with Gasteiger partial charge < -0.3 is 4.57 Å². The molecule has 0 N–H and O–H groups in total. The molecule has 13 rings (SSSR count). The molecule has 2 aliphatic carbocycles. The van der Waals surface area contributed by atoms with Crippen LogP contribution in [0.3, 0.4) is 0 Å². The predicted molar refractivity (Wildman–Crippen MR) is 282 cm³/mol. The minimum Gasteiger partial charge on any atom is -0.309 e. The number of rotatable bonds is 7. The number of aromatic nitrogens is 1. The van der Waals surface area contributed by atoms with E-state index in [0.717, 1.165) is 0 Å². The molecule has 65 heavy (non-hydrogen) atoms. The first-order chi connectivity index (χ1) is 32.2. The van der Waals surface area contributed by atoms with E-state index < -0.39 is 8.07 Å². The fraction of sp³-hybridized carbons (Fsp3) is 0.200. The summed E-state index contributed by atoms with van der Waals surface area (Å²) in [6.45, 7) is 0.173. The SMILES string of the molecule is c1ccc([Si](c2ccccc2)(c2ccccc2)c2ccc3c(c2)Sc2cccc4c2B3c2ccc(-n3c5ccc(C6CCCCC6)cc5c5cc(C6CCCCC6)ccc53)cc2S4)cc1. The van der Waals surface area contributed by atoms with Crippen molar-refractivity contribution in [2.75, 3.05) is 0 Å². The van der Waals surface area contributed by atoms with Crippen LogP contribution in [-0.4, -0.2) is 19.4 Å². The monoisotopic (exact) mass is 889 g/mol. The summed E-state index contributed by atoms with van der Waals surface area (Å²) in [5.41, 5.74) is 11.3. The molecule has 0 unspecified atom stereocenters. The molecule has 1 nitrogen and oxygen atoms in total. The molecule has 0 atom stereocenters. The maximum atomic E-state index is 2.59. The first kappa shape index (κ1) is 39.9. The van der Waals surface area contributed by atoms with Crippen molar-refractivity contribution >= 4 is 97.3 Å². The Morgan fingerprint density at radius 3 is 1.38 bits per heavy atom. The summed E-state index contributed by atoms with van der Waals surface area (Å²) < 4.78 is 2.59. The third-order valence-corrected chi connectivity index (χ3v) is 22.7. The van der Waals surface area contributed by atoms with Crippen molar-refractivity contribution in [3.05, 3.63) is 193 Å². The van der Waals surface area contributed by atoms with Gasteiger partial charge in [-0.2, -0.15) is 0 Å². The Kier molecular flexibility index (Phi) is 10.1. The Morgan fingerprint density at radius 1 is 0.400 bits per heavy atom. The molecular weight excluding hydrogens is 838 g/mol. The third kappa shape index (κ3) is 6.59. The predicted octanol–water partition coefficient (Wildman–Crippen LogP) is 11.7. The molecule has 2 aliphatic heterocycles. The molecule has 0 saturated heterocycles. The van der Waals surface area contributed by atoms with Crippen LogP contribution in [0.2, 0.25) is 0 Å². The van der Waals surface area contributed by atoms with Gasteiger partial charge >= 0.3 is 0 Å². The molecule has 316 valence electrons. The van der Waals surface area contributed by atoms with Gasteiger partial charge in [-0.1, -0.05) is 200 Å². The summed E-state index contributed by atoms with van der Waals surface area (Å²) in [5.74, 6) is 1.36. The highest BCUT2D eigenvalue weighted by molar-refractivity contribution is 8.01. The minimum atomic E-state index is -2.68. The number of fused-ring (bicyclic) bond motifs is 7. The van der Waals surface area contributed by atoms with E-state index in [1.807, 2.05) is 23.5 Å². The average molecular weight is 890 g/mol. The average Bonchev–Trinajstić information content (AvgIpc) is 3.71. The highest BCUT2D eigenvalue weighted by Gasteiger charge is 2.44. The van der Waals surface area contributed by atoms with Crippen LogP contribution in [-0.2, 0) is 0 Å². The lowest BCUT2D eigenvalue weighted by atomic mass is 9.36. The molecule has 0 bridgehead atoms. The zero-order chi connectivity index (χ0) is 42.9. The molecule has 1 aromatic heterocycles. The van der Waals surface area contributed by atoms with Crippen molar-refractivity contribution in [3.8, 4) is 5.69 Å². The molecular formula is C60H52BNS2Si. The lowest BCUT2D eigenvalue weighted by Gasteiger charge is -2.37. The van der Waals surface area contributed by atoms with Gasteiger partial charge in [-0.05, 0) is 129 Å². The first-order valence-electron chi connectivity index (χ1n) is 24.2. The number of hydrogen-bond donors (Lipinski definition) is 0. The van der Waals surface area contributed by atoms with Crippen LogP contribution in [0.15, 0.2) is 202 Å². The summed E-state index contributed by atoms with van der Waals surface area (Å²) in [6, 6.07) is 71.1. The number of nitrogens with zero attached hydrogens (tertiary/aromatic N) is 1. The van der Waals surface area contributed by atoms with Crippen molar-refractivity contribution in [1.29, 1.82) is 0 Å². The maximum absolute atomic E-state index is 2.68. The Hall–Kier alpha value is -5.46. The van der Waals surface area contributed by atoms with Gasteiger partial charge in [-0.3, -0.25) is 0 Å². The highest BCUT2D eigenvalue weighted by Crippen LogP contribution is 2.43. The van der Waals surface area contributed by atoms with Gasteiger partial charge in [0.25, 0.3) is 0 Å². The van der Waals surface area contributed by atoms with Crippen LogP contribution in [0.5, 0.6) is 0 Å². The molecule has 3 heterocycles. The second kappa shape index (κ2) is 16.5. The zero-order valence-electron chi connectivity index (χ0n) is 36.9. The van der Waals surface area contributed by atoms with E-state index in [0.29, 0.717) is 11.8 Å². The second-order valence-electron chi connectivity index (χ2n) is 19.2. The van der Waals surface area contributed by atoms with Crippen LogP contribution in [0.1, 0.15) is 87.2 Å². The minimum absolute atomic E-state index is 0.173. The normalized spacial score (nSPS) is 16.3. The molecule has 4 aliphatic rings. The van der Waals surface area contributed by atoms with Gasteiger partial charge in [0.05, 0.1) is 11.0 Å². The van der Waals surface area contributed by atoms with Crippen LogP contribution < -0.4 is 37.1 Å². The summed E-state index contributed by atoms with van der Waals surface area (Å²) >= 11 is 3.94. The lowest BCUT2D eigenvalue weighted by Crippen LogP contribution is -2.75. The van der Waals surface area contributed by atoms with Crippen LogP contribution in [0.4, 0.5) is 0 Å². The highest BCUT2D eigenvalue weighted by atomic mass is 32.2. The molecule has 0 amide bonds. The van der Waals surface area contributed by atoms with Crippen molar-refractivity contribution in [2.45, 2.75) is 95.6 Å². The molecule has 8 aromatic carbocycles. The van der Waals surface area contributed by atoms with Crippen molar-refractivity contribution in [1.82, 2.24) is 4.57 Å². The molecule has 5 heteroatoms. The summed E-state index contributed by atoms with van der Waals surface area (Å²) in [6.07, 6.45) is 13.5. The molecule has 9 aromatic rings. The van der Waals surface area contributed by atoms with E-state index in [9.17, 15) is 0 Å². The van der Waals surface area contributed by atoms with E-state index in [1.54, 1.807) is 11.1 Å². The number of benzene rings is 8. The summed E-state index contributed by atoms with van der Waals surface area (Å²) in [7, 11) is -2.68. The number of hydrogen-bond acceptors (Lipinski definition) is 2. The lowest BCUT2D eigenvalue weighted by molar-refractivity contribution is 0.444. The van der Waals surface area contributed by atoms with E-state index >= 15 is 0 Å². The Balaban J connectivity index is 0.960. The van der Waals surface area contributed by atoms with Crippen LogP contribution >= 0.6 is 23.5 Å². The molecule has 0 spiro atoms. The Bertz CT molecular complexity index is 3070. The standard InChI is InChI=1S/C60H52BNS2Si/c1-6-17-41(18-7-1)43-29-35-54-50(37-43)51-38-44(42-19-8-2-9-20-42)30-36-55(51)62(54)45-31-33-52-58(39-45)63-56-27-16-28-57-60(56)61(52)53-34-32-49(40-59(53)64-57)65(46-21-10-3-11-22-46,47-23-12-4-13-24-47)48-25-14-5-15-26-48/h3-5,10-16,21-42H,1-2,6-9,17-20H2. The van der Waals surface area contributed by atoms with Gasteiger partial charge in [-0.15, -0.1) is 0 Å². The van der Waals surface area contributed by atoms with Crippen LogP contribution in [0.25, 0.3) is 27.5 Å². The van der Waals surface area contributed by atoms with Gasteiger partial charge in [0.15, 0.2) is 8.07 Å². The smallest absolute Gasteiger partial charge is 0.247 e. The molecule has 2 fully saturated rings. The van der Waals surface area contributed by atoms with E-state index in [1.165, 1.54) is 148 Å². The van der Waals surface area contributed by atoms with Gasteiger partial charge in [0, 0.05) is 36.0 Å². The van der Waals surface area contributed by atoms with Gasteiger partial charge in [0.1, 0.15) is 0 Å².